The summed E-state index contributed by atoms with van der Waals surface area (Å²) in [5, 5.41) is 0. The van der Waals surface area contributed by atoms with E-state index in [1.807, 2.05) is 35.2 Å². The third kappa shape index (κ3) is 2.45. The number of fused-ring (bicyclic) bond motifs is 1. The van der Waals surface area contributed by atoms with Crippen molar-refractivity contribution in [1.82, 2.24) is 0 Å². The van der Waals surface area contributed by atoms with Crippen LogP contribution in [0.5, 0.6) is 0 Å². The van der Waals surface area contributed by atoms with E-state index in [0.717, 1.165) is 18.4 Å². The van der Waals surface area contributed by atoms with Crippen LogP contribution < -0.4 is 4.90 Å². The van der Waals surface area contributed by atoms with Gasteiger partial charge in [-0.05, 0) is 41.3 Å². The molecule has 0 saturated carbocycles. The highest BCUT2D eigenvalue weighted by Crippen LogP contribution is 2.37. The van der Waals surface area contributed by atoms with Crippen LogP contribution in [0.2, 0.25) is 0 Å². The van der Waals surface area contributed by atoms with Gasteiger partial charge in [-0.1, -0.05) is 42.5 Å². The Hall–Kier alpha value is -2.72. The lowest BCUT2D eigenvalue weighted by atomic mass is 9.98. The van der Waals surface area contributed by atoms with Gasteiger partial charge in [-0.25, -0.2) is 0 Å². The molecule has 0 unspecified atom stereocenters. The molecule has 1 aliphatic heterocycles. The molecule has 1 aromatic heterocycles. The number of nitrogens with zero attached hydrogens (tertiary/aromatic N) is 1. The van der Waals surface area contributed by atoms with Crippen LogP contribution in [-0.2, 0) is 6.42 Å². The average molecular weight is 333 g/mol. The lowest BCUT2D eigenvalue weighted by molar-refractivity contribution is 0.0993. The minimum absolute atomic E-state index is 0.0305. The van der Waals surface area contributed by atoms with E-state index in [4.69, 9.17) is 0 Å². The van der Waals surface area contributed by atoms with Crippen molar-refractivity contribution in [2.45, 2.75) is 6.42 Å². The van der Waals surface area contributed by atoms with Gasteiger partial charge in [0.25, 0.3) is 5.91 Å². The topological polar surface area (TPSA) is 37.4 Å². The molecule has 1 amide bonds. The highest BCUT2D eigenvalue weighted by atomic mass is 32.1. The van der Waals surface area contributed by atoms with Crippen molar-refractivity contribution in [3.05, 3.63) is 76.0 Å². The number of carbonyl (C=O) groups is 2. The molecule has 4 rings (SSSR count). The molecule has 2 heterocycles. The zero-order valence-corrected chi connectivity index (χ0v) is 13.8. The number of hydrogen-bond acceptors (Lipinski definition) is 3. The molecule has 0 bridgehead atoms. The summed E-state index contributed by atoms with van der Waals surface area (Å²) in [6.45, 7) is 0.673. The monoisotopic (exact) mass is 333 g/mol. The van der Waals surface area contributed by atoms with E-state index in [-0.39, 0.29) is 5.91 Å². The third-order valence-electron chi connectivity index (χ3n) is 4.31. The molecule has 0 spiro atoms. The predicted molar refractivity (Wildman–Crippen MR) is 97.0 cm³/mol. The lowest BCUT2D eigenvalue weighted by Gasteiger charge is -2.17. The molecule has 0 aliphatic carbocycles. The second-order valence-corrected chi connectivity index (χ2v) is 6.81. The number of rotatable bonds is 3. The van der Waals surface area contributed by atoms with Crippen molar-refractivity contribution in [2.75, 3.05) is 11.4 Å². The number of aldehydes is 1. The Kier molecular flexibility index (Phi) is 3.75. The maximum absolute atomic E-state index is 12.8. The van der Waals surface area contributed by atoms with Crippen molar-refractivity contribution in [1.29, 1.82) is 0 Å². The van der Waals surface area contributed by atoms with Gasteiger partial charge >= 0.3 is 0 Å². The molecular weight excluding hydrogens is 318 g/mol. The standard InChI is InChI=1S/C20H15NO2S/c22-13-15-9-10-19(24-15)20(23)21-12-11-17-16(7-4-8-18(17)21)14-5-2-1-3-6-14/h1-10,13H,11-12H2. The first-order valence-electron chi connectivity index (χ1n) is 7.82. The fourth-order valence-corrected chi connectivity index (χ4v) is 3.97. The van der Waals surface area contributed by atoms with Crippen LogP contribution in [0.1, 0.15) is 24.9 Å². The molecule has 0 saturated heterocycles. The number of hydrogen-bond donors (Lipinski definition) is 0. The van der Waals surface area contributed by atoms with E-state index in [1.54, 1.807) is 12.1 Å². The van der Waals surface area contributed by atoms with Gasteiger partial charge < -0.3 is 4.90 Å². The first-order valence-corrected chi connectivity index (χ1v) is 8.64. The zero-order valence-electron chi connectivity index (χ0n) is 12.9. The lowest BCUT2D eigenvalue weighted by Crippen LogP contribution is -2.28. The van der Waals surface area contributed by atoms with Crippen LogP contribution in [0.15, 0.2) is 60.7 Å². The second kappa shape index (κ2) is 6.06. The molecule has 3 nitrogen and oxygen atoms in total. The normalized spacial score (nSPS) is 12.9. The Bertz CT molecular complexity index is 914. The summed E-state index contributed by atoms with van der Waals surface area (Å²) >= 11 is 1.24. The van der Waals surface area contributed by atoms with Gasteiger partial charge in [-0.3, -0.25) is 9.59 Å². The molecule has 118 valence electrons. The zero-order chi connectivity index (χ0) is 16.5. The van der Waals surface area contributed by atoms with Gasteiger partial charge in [0.2, 0.25) is 0 Å². The van der Waals surface area contributed by atoms with Gasteiger partial charge in [-0.15, -0.1) is 11.3 Å². The first-order chi connectivity index (χ1) is 11.8. The molecule has 1 aliphatic rings. The van der Waals surface area contributed by atoms with Crippen molar-refractivity contribution in [2.24, 2.45) is 0 Å². The summed E-state index contributed by atoms with van der Waals surface area (Å²) in [6, 6.07) is 19.8. The molecule has 3 aromatic rings. The van der Waals surface area contributed by atoms with Gasteiger partial charge in [0.15, 0.2) is 6.29 Å². The number of amides is 1. The number of benzene rings is 2. The molecule has 0 radical (unpaired) electrons. The van der Waals surface area contributed by atoms with Crippen molar-refractivity contribution in [3.63, 3.8) is 0 Å². The van der Waals surface area contributed by atoms with E-state index < -0.39 is 0 Å². The fourth-order valence-electron chi connectivity index (χ4n) is 3.20. The molecule has 4 heteroatoms. The Morgan fingerprint density at radius 1 is 1.00 bits per heavy atom. The Morgan fingerprint density at radius 3 is 2.58 bits per heavy atom. The van der Waals surface area contributed by atoms with Crippen LogP contribution in [0.25, 0.3) is 11.1 Å². The Morgan fingerprint density at radius 2 is 1.83 bits per heavy atom. The van der Waals surface area contributed by atoms with E-state index in [1.165, 1.54) is 28.0 Å². The molecule has 0 N–H and O–H groups in total. The number of thiophene rings is 1. The first kappa shape index (κ1) is 14.8. The Balaban J connectivity index is 1.72. The largest absolute Gasteiger partial charge is 0.307 e. The van der Waals surface area contributed by atoms with Crippen molar-refractivity contribution < 1.29 is 9.59 Å². The van der Waals surface area contributed by atoms with Crippen LogP contribution >= 0.6 is 11.3 Å². The maximum Gasteiger partial charge on any atom is 0.268 e. The molecule has 24 heavy (non-hydrogen) atoms. The van der Waals surface area contributed by atoms with Gasteiger partial charge in [0.05, 0.1) is 9.75 Å². The van der Waals surface area contributed by atoms with Crippen LogP contribution in [0, 0.1) is 0 Å². The minimum Gasteiger partial charge on any atom is -0.307 e. The summed E-state index contributed by atoms with van der Waals surface area (Å²) in [6.07, 6.45) is 1.63. The highest BCUT2D eigenvalue weighted by Gasteiger charge is 2.28. The van der Waals surface area contributed by atoms with E-state index in [0.29, 0.717) is 16.3 Å². The summed E-state index contributed by atoms with van der Waals surface area (Å²) in [5.41, 5.74) is 4.54. The molecule has 2 aromatic carbocycles. The minimum atomic E-state index is -0.0305. The SMILES string of the molecule is O=Cc1ccc(C(=O)N2CCc3c(-c4ccccc4)cccc32)s1. The number of anilines is 1. The summed E-state index contributed by atoms with van der Waals surface area (Å²) in [5.74, 6) is -0.0305. The molecular formula is C20H15NO2S. The smallest absolute Gasteiger partial charge is 0.268 e. The molecule has 0 atom stereocenters. The summed E-state index contributed by atoms with van der Waals surface area (Å²) in [7, 11) is 0. The maximum atomic E-state index is 12.8. The van der Waals surface area contributed by atoms with Gasteiger partial charge in [0.1, 0.15) is 0 Å². The van der Waals surface area contributed by atoms with Crippen LogP contribution in [-0.4, -0.2) is 18.7 Å². The highest BCUT2D eigenvalue weighted by molar-refractivity contribution is 7.15. The van der Waals surface area contributed by atoms with Gasteiger partial charge in [-0.2, -0.15) is 0 Å². The Labute approximate surface area is 144 Å². The summed E-state index contributed by atoms with van der Waals surface area (Å²) < 4.78 is 0. The van der Waals surface area contributed by atoms with Crippen molar-refractivity contribution >= 4 is 29.2 Å². The molecule has 0 fully saturated rings. The second-order valence-electron chi connectivity index (χ2n) is 5.70. The number of carbonyl (C=O) groups excluding carboxylic acids is 2. The average Bonchev–Trinajstić information content (AvgIpc) is 3.28. The van der Waals surface area contributed by atoms with E-state index >= 15 is 0 Å². The van der Waals surface area contributed by atoms with Crippen LogP contribution in [0.3, 0.4) is 0 Å². The third-order valence-corrected chi connectivity index (χ3v) is 5.31. The van der Waals surface area contributed by atoms with Crippen molar-refractivity contribution in [3.8, 4) is 11.1 Å². The predicted octanol–water partition coefficient (Wildman–Crippen LogP) is 4.43. The summed E-state index contributed by atoms with van der Waals surface area (Å²) in [4.78, 5) is 26.7. The fraction of sp³-hybridized carbons (Fsp3) is 0.100. The van der Waals surface area contributed by atoms with E-state index in [9.17, 15) is 9.59 Å². The van der Waals surface area contributed by atoms with Gasteiger partial charge in [0, 0.05) is 12.2 Å². The van der Waals surface area contributed by atoms with Crippen LogP contribution in [0.4, 0.5) is 5.69 Å². The van der Waals surface area contributed by atoms with E-state index in [2.05, 4.69) is 18.2 Å². The quantitative estimate of drug-likeness (QED) is 0.665.